The average molecular weight is 172 g/mol. The van der Waals surface area contributed by atoms with E-state index in [1.54, 1.807) is 7.11 Å². The summed E-state index contributed by atoms with van der Waals surface area (Å²) in [6.07, 6.45) is 4.11. The molecule has 0 aliphatic heterocycles. The molecular formula is C10H20O2. The molecule has 0 heterocycles. The zero-order valence-electron chi connectivity index (χ0n) is 8.34. The molecule has 0 atom stereocenters. The minimum absolute atomic E-state index is 0.301. The monoisotopic (exact) mass is 172 g/mol. The van der Waals surface area contributed by atoms with E-state index in [-0.39, 0.29) is 0 Å². The fraction of sp³-hybridized carbons (Fsp3) is 1.00. The number of methoxy groups -OCH3 is 1. The Balaban J connectivity index is 2.41. The minimum Gasteiger partial charge on any atom is -0.389 e. The SMILES string of the molecule is CCC(CC)C1(O)CC(OC)C1. The van der Waals surface area contributed by atoms with Gasteiger partial charge in [0.25, 0.3) is 0 Å². The van der Waals surface area contributed by atoms with Crippen molar-refractivity contribution in [2.24, 2.45) is 5.92 Å². The van der Waals surface area contributed by atoms with E-state index in [9.17, 15) is 5.11 Å². The van der Waals surface area contributed by atoms with Gasteiger partial charge in [-0.2, -0.15) is 0 Å². The van der Waals surface area contributed by atoms with Gasteiger partial charge in [0, 0.05) is 20.0 Å². The van der Waals surface area contributed by atoms with E-state index >= 15 is 0 Å². The molecule has 12 heavy (non-hydrogen) atoms. The molecule has 1 fully saturated rings. The Morgan fingerprint density at radius 3 is 2.25 bits per heavy atom. The molecule has 1 N–H and O–H groups in total. The van der Waals surface area contributed by atoms with Gasteiger partial charge in [-0.1, -0.05) is 26.7 Å². The second kappa shape index (κ2) is 3.75. The van der Waals surface area contributed by atoms with Crippen LogP contribution in [0, 0.1) is 5.92 Å². The van der Waals surface area contributed by atoms with Gasteiger partial charge < -0.3 is 9.84 Å². The van der Waals surface area contributed by atoms with Gasteiger partial charge in [-0.15, -0.1) is 0 Å². The largest absolute Gasteiger partial charge is 0.389 e. The molecule has 0 spiro atoms. The Bertz CT molecular complexity index is 135. The van der Waals surface area contributed by atoms with Crippen molar-refractivity contribution in [1.82, 2.24) is 0 Å². The number of hydrogen-bond acceptors (Lipinski definition) is 2. The van der Waals surface area contributed by atoms with Crippen molar-refractivity contribution in [3.05, 3.63) is 0 Å². The molecule has 0 aromatic carbocycles. The summed E-state index contributed by atoms with van der Waals surface area (Å²) in [5.41, 5.74) is -0.413. The first-order valence-electron chi connectivity index (χ1n) is 4.91. The fourth-order valence-electron chi connectivity index (χ4n) is 2.28. The summed E-state index contributed by atoms with van der Waals surface area (Å²) in [6.45, 7) is 4.29. The van der Waals surface area contributed by atoms with Crippen molar-refractivity contribution in [3.63, 3.8) is 0 Å². The maximum atomic E-state index is 10.1. The van der Waals surface area contributed by atoms with Crippen LogP contribution in [0.5, 0.6) is 0 Å². The number of ether oxygens (including phenoxy) is 1. The highest BCUT2D eigenvalue weighted by atomic mass is 16.5. The lowest BCUT2D eigenvalue weighted by Gasteiger charge is -2.47. The molecule has 0 aromatic rings. The van der Waals surface area contributed by atoms with E-state index in [1.807, 2.05) is 0 Å². The van der Waals surface area contributed by atoms with Crippen LogP contribution in [0.4, 0.5) is 0 Å². The molecule has 0 amide bonds. The van der Waals surface area contributed by atoms with Gasteiger partial charge in [-0.05, 0) is 5.92 Å². The smallest absolute Gasteiger partial charge is 0.0725 e. The van der Waals surface area contributed by atoms with Crippen LogP contribution in [0.15, 0.2) is 0 Å². The minimum atomic E-state index is -0.413. The second-order valence-corrected chi connectivity index (χ2v) is 3.88. The summed E-state index contributed by atoms with van der Waals surface area (Å²) < 4.78 is 5.16. The van der Waals surface area contributed by atoms with E-state index in [1.165, 1.54) is 0 Å². The molecule has 0 aromatic heterocycles. The third kappa shape index (κ3) is 1.64. The lowest BCUT2D eigenvalue weighted by Crippen LogP contribution is -2.52. The highest BCUT2D eigenvalue weighted by Gasteiger charge is 2.46. The van der Waals surface area contributed by atoms with Crippen molar-refractivity contribution >= 4 is 0 Å². The Labute approximate surface area is 74.9 Å². The van der Waals surface area contributed by atoms with E-state index < -0.39 is 5.60 Å². The van der Waals surface area contributed by atoms with Gasteiger partial charge in [0.05, 0.1) is 11.7 Å². The summed E-state index contributed by atoms with van der Waals surface area (Å²) in [4.78, 5) is 0. The van der Waals surface area contributed by atoms with Crippen LogP contribution >= 0.6 is 0 Å². The van der Waals surface area contributed by atoms with Crippen LogP contribution in [0.25, 0.3) is 0 Å². The standard InChI is InChI=1S/C10H20O2/c1-4-8(5-2)10(11)6-9(7-10)12-3/h8-9,11H,4-7H2,1-3H3. The number of hydrogen-bond donors (Lipinski definition) is 1. The highest BCUT2D eigenvalue weighted by molar-refractivity contribution is 4.98. The maximum Gasteiger partial charge on any atom is 0.0725 e. The average Bonchev–Trinajstić information content (AvgIpc) is 2.01. The van der Waals surface area contributed by atoms with Gasteiger partial charge in [-0.3, -0.25) is 0 Å². The van der Waals surface area contributed by atoms with E-state index in [4.69, 9.17) is 4.74 Å². The van der Waals surface area contributed by atoms with Crippen LogP contribution < -0.4 is 0 Å². The van der Waals surface area contributed by atoms with Gasteiger partial charge in [0.1, 0.15) is 0 Å². The molecular weight excluding hydrogens is 152 g/mol. The van der Waals surface area contributed by atoms with Crippen LogP contribution in [0.2, 0.25) is 0 Å². The topological polar surface area (TPSA) is 29.5 Å². The van der Waals surface area contributed by atoms with E-state index in [0.717, 1.165) is 25.7 Å². The second-order valence-electron chi connectivity index (χ2n) is 3.88. The van der Waals surface area contributed by atoms with Crippen molar-refractivity contribution < 1.29 is 9.84 Å². The molecule has 0 saturated heterocycles. The van der Waals surface area contributed by atoms with Crippen molar-refractivity contribution in [3.8, 4) is 0 Å². The summed E-state index contributed by atoms with van der Waals surface area (Å²) in [6, 6.07) is 0. The zero-order chi connectivity index (χ0) is 9.19. The molecule has 1 saturated carbocycles. The lowest BCUT2D eigenvalue weighted by molar-refractivity contribution is -0.160. The van der Waals surface area contributed by atoms with Crippen LogP contribution in [-0.4, -0.2) is 23.9 Å². The molecule has 2 heteroatoms. The summed E-state index contributed by atoms with van der Waals surface area (Å²) >= 11 is 0. The van der Waals surface area contributed by atoms with Crippen molar-refractivity contribution in [2.75, 3.05) is 7.11 Å². The lowest BCUT2D eigenvalue weighted by atomic mass is 9.67. The molecule has 1 rings (SSSR count). The molecule has 1 aliphatic rings. The summed E-state index contributed by atoms with van der Waals surface area (Å²) in [5, 5.41) is 10.1. The van der Waals surface area contributed by atoms with Crippen LogP contribution in [0.1, 0.15) is 39.5 Å². The first-order valence-corrected chi connectivity index (χ1v) is 4.91. The van der Waals surface area contributed by atoms with Crippen LogP contribution in [-0.2, 0) is 4.74 Å². The summed E-state index contributed by atoms with van der Waals surface area (Å²) in [5.74, 6) is 0.462. The normalized spacial score (nSPS) is 35.2. The molecule has 0 unspecified atom stereocenters. The Morgan fingerprint density at radius 1 is 1.42 bits per heavy atom. The maximum absolute atomic E-state index is 10.1. The van der Waals surface area contributed by atoms with E-state index in [2.05, 4.69) is 13.8 Å². The quantitative estimate of drug-likeness (QED) is 0.702. The molecule has 0 bridgehead atoms. The predicted octanol–water partition coefficient (Wildman–Crippen LogP) is 1.96. The molecule has 0 radical (unpaired) electrons. The number of aliphatic hydroxyl groups is 1. The Hall–Kier alpha value is -0.0800. The third-order valence-corrected chi connectivity index (χ3v) is 3.24. The third-order valence-electron chi connectivity index (χ3n) is 3.24. The van der Waals surface area contributed by atoms with Crippen molar-refractivity contribution in [2.45, 2.75) is 51.2 Å². The zero-order valence-corrected chi connectivity index (χ0v) is 8.34. The molecule has 72 valence electrons. The Kier molecular flexibility index (Phi) is 3.13. The fourth-order valence-corrected chi connectivity index (χ4v) is 2.28. The Morgan fingerprint density at radius 2 is 1.92 bits per heavy atom. The van der Waals surface area contributed by atoms with Gasteiger partial charge in [-0.25, -0.2) is 0 Å². The van der Waals surface area contributed by atoms with Crippen LogP contribution in [0.3, 0.4) is 0 Å². The summed E-state index contributed by atoms with van der Waals surface area (Å²) in [7, 11) is 1.72. The first-order chi connectivity index (χ1) is 5.66. The predicted molar refractivity (Wildman–Crippen MR) is 49.1 cm³/mol. The molecule has 1 aliphatic carbocycles. The number of rotatable bonds is 4. The van der Waals surface area contributed by atoms with E-state index in [0.29, 0.717) is 12.0 Å². The van der Waals surface area contributed by atoms with Gasteiger partial charge in [0.2, 0.25) is 0 Å². The molecule has 2 nitrogen and oxygen atoms in total. The highest BCUT2D eigenvalue weighted by Crippen LogP contribution is 2.42. The van der Waals surface area contributed by atoms with Gasteiger partial charge in [0.15, 0.2) is 0 Å². The first kappa shape index (κ1) is 10.0. The van der Waals surface area contributed by atoms with Gasteiger partial charge >= 0.3 is 0 Å². The van der Waals surface area contributed by atoms with Crippen molar-refractivity contribution in [1.29, 1.82) is 0 Å².